The number of carbonyl (C=O) groups is 1. The highest BCUT2D eigenvalue weighted by atomic mass is 16.5. The van der Waals surface area contributed by atoms with Gasteiger partial charge in [-0.05, 0) is 6.42 Å². The van der Waals surface area contributed by atoms with Gasteiger partial charge in [-0.2, -0.15) is 0 Å². The first-order chi connectivity index (χ1) is 8.24. The van der Waals surface area contributed by atoms with Gasteiger partial charge in [0.05, 0.1) is 19.6 Å². The molecule has 5 nitrogen and oxygen atoms in total. The van der Waals surface area contributed by atoms with Crippen LogP contribution in [-0.2, 0) is 9.53 Å². The summed E-state index contributed by atoms with van der Waals surface area (Å²) in [6.07, 6.45) is 0.899. The summed E-state index contributed by atoms with van der Waals surface area (Å²) in [4.78, 5) is 14.4. The van der Waals surface area contributed by atoms with Crippen molar-refractivity contribution in [3.05, 3.63) is 0 Å². The SMILES string of the molecule is COCCCNC(=O)C[N+]12CCN(CC1)CC2. The quantitative estimate of drug-likeness (QED) is 0.494. The van der Waals surface area contributed by atoms with Crippen LogP contribution in [0.4, 0.5) is 0 Å². The zero-order valence-electron chi connectivity index (χ0n) is 10.8. The second kappa shape index (κ2) is 5.80. The highest BCUT2D eigenvalue weighted by molar-refractivity contribution is 5.77. The minimum Gasteiger partial charge on any atom is -0.385 e. The third-order valence-electron chi connectivity index (χ3n) is 4.00. The van der Waals surface area contributed by atoms with Gasteiger partial charge in [-0.1, -0.05) is 0 Å². The molecule has 0 radical (unpaired) electrons. The standard InChI is InChI=1S/C12H23N3O2/c1-17-10-2-3-13-12(16)11-15-7-4-14(5-8-15)6-9-15/h2-11H2,1H3/p+1. The van der Waals surface area contributed by atoms with E-state index >= 15 is 0 Å². The highest BCUT2D eigenvalue weighted by Gasteiger charge is 2.39. The molecule has 0 spiro atoms. The van der Waals surface area contributed by atoms with Crippen LogP contribution in [0, 0.1) is 0 Å². The lowest BCUT2D eigenvalue weighted by atomic mass is 10.1. The molecule has 0 aromatic heterocycles. The third kappa shape index (κ3) is 3.40. The smallest absolute Gasteiger partial charge is 0.275 e. The van der Waals surface area contributed by atoms with E-state index in [2.05, 4.69) is 10.2 Å². The van der Waals surface area contributed by atoms with Gasteiger partial charge in [0, 0.05) is 39.9 Å². The van der Waals surface area contributed by atoms with Crippen molar-refractivity contribution in [2.75, 3.05) is 66.1 Å². The van der Waals surface area contributed by atoms with Crippen LogP contribution in [-0.4, -0.2) is 81.4 Å². The number of ether oxygens (including phenoxy) is 1. The lowest BCUT2D eigenvalue weighted by molar-refractivity contribution is -0.933. The molecule has 0 atom stereocenters. The first-order valence-corrected chi connectivity index (χ1v) is 6.57. The molecule has 1 N–H and O–H groups in total. The Bertz CT molecular complexity index is 249. The summed E-state index contributed by atoms with van der Waals surface area (Å²) in [5, 5.41) is 2.99. The zero-order chi connectivity index (χ0) is 12.1. The van der Waals surface area contributed by atoms with E-state index < -0.39 is 0 Å². The summed E-state index contributed by atoms with van der Waals surface area (Å²) in [5.41, 5.74) is 0. The van der Waals surface area contributed by atoms with Gasteiger partial charge in [0.15, 0.2) is 6.54 Å². The summed E-state index contributed by atoms with van der Waals surface area (Å²) in [6, 6.07) is 0. The summed E-state index contributed by atoms with van der Waals surface area (Å²) in [5.74, 6) is 0.205. The Balaban J connectivity index is 1.70. The van der Waals surface area contributed by atoms with Gasteiger partial charge in [0.1, 0.15) is 0 Å². The van der Waals surface area contributed by atoms with Crippen LogP contribution < -0.4 is 5.32 Å². The number of quaternary nitrogens is 1. The van der Waals surface area contributed by atoms with E-state index in [0.717, 1.165) is 63.3 Å². The normalized spacial score (nSPS) is 31.5. The van der Waals surface area contributed by atoms with Gasteiger partial charge in [0.25, 0.3) is 5.91 Å². The maximum Gasteiger partial charge on any atom is 0.275 e. The first-order valence-electron chi connectivity index (χ1n) is 6.57. The second-order valence-corrected chi connectivity index (χ2v) is 5.21. The highest BCUT2D eigenvalue weighted by Crippen LogP contribution is 2.18. The van der Waals surface area contributed by atoms with Crippen LogP contribution in [0.2, 0.25) is 0 Å². The number of nitrogens with one attached hydrogen (secondary N) is 1. The van der Waals surface area contributed by atoms with Crippen molar-refractivity contribution < 1.29 is 14.0 Å². The van der Waals surface area contributed by atoms with E-state index in [1.54, 1.807) is 7.11 Å². The molecule has 0 unspecified atom stereocenters. The molecule has 0 aliphatic carbocycles. The molecular weight excluding hydrogens is 218 g/mol. The summed E-state index contributed by atoms with van der Waals surface area (Å²) < 4.78 is 5.97. The fourth-order valence-corrected chi connectivity index (χ4v) is 2.77. The Hall–Kier alpha value is -0.650. The molecule has 3 rings (SSSR count). The van der Waals surface area contributed by atoms with Gasteiger partial charge in [0.2, 0.25) is 0 Å². The largest absolute Gasteiger partial charge is 0.385 e. The van der Waals surface area contributed by atoms with Crippen molar-refractivity contribution >= 4 is 5.91 Å². The van der Waals surface area contributed by atoms with E-state index in [-0.39, 0.29) is 5.91 Å². The molecular formula is C12H24N3O2+. The number of carbonyl (C=O) groups excluding carboxylic acids is 1. The number of hydrogen-bond donors (Lipinski definition) is 1. The molecule has 3 heterocycles. The van der Waals surface area contributed by atoms with Crippen LogP contribution >= 0.6 is 0 Å². The third-order valence-corrected chi connectivity index (χ3v) is 4.00. The molecule has 3 fully saturated rings. The Labute approximate surface area is 103 Å². The number of piperazine rings is 3. The number of fused-ring (bicyclic) bond motifs is 3. The van der Waals surface area contributed by atoms with Crippen molar-refractivity contribution in [2.24, 2.45) is 0 Å². The topological polar surface area (TPSA) is 41.6 Å². The van der Waals surface area contributed by atoms with Gasteiger partial charge in [-0.3, -0.25) is 9.69 Å². The predicted molar refractivity (Wildman–Crippen MR) is 65.7 cm³/mol. The van der Waals surface area contributed by atoms with Gasteiger partial charge in [-0.25, -0.2) is 0 Å². The van der Waals surface area contributed by atoms with Crippen LogP contribution in [0.15, 0.2) is 0 Å². The van der Waals surface area contributed by atoms with Crippen LogP contribution in [0.5, 0.6) is 0 Å². The Morgan fingerprint density at radius 2 is 1.94 bits per heavy atom. The molecule has 98 valence electrons. The van der Waals surface area contributed by atoms with Crippen molar-refractivity contribution in [1.82, 2.24) is 10.2 Å². The minimum absolute atomic E-state index is 0.205. The fourth-order valence-electron chi connectivity index (χ4n) is 2.77. The van der Waals surface area contributed by atoms with E-state index in [1.165, 1.54) is 0 Å². The molecule has 2 bridgehead atoms. The number of hydrogen-bond acceptors (Lipinski definition) is 3. The van der Waals surface area contributed by atoms with E-state index in [1.807, 2.05) is 0 Å². The molecule has 3 saturated heterocycles. The van der Waals surface area contributed by atoms with Crippen LogP contribution in [0.25, 0.3) is 0 Å². The molecule has 3 aliphatic rings. The second-order valence-electron chi connectivity index (χ2n) is 5.21. The van der Waals surface area contributed by atoms with E-state index in [0.29, 0.717) is 6.54 Å². The molecule has 5 heteroatoms. The molecule has 17 heavy (non-hydrogen) atoms. The molecule has 1 amide bonds. The summed E-state index contributed by atoms with van der Waals surface area (Å²) in [7, 11) is 1.69. The van der Waals surface area contributed by atoms with Gasteiger partial charge >= 0.3 is 0 Å². The first kappa shape index (κ1) is 12.8. The van der Waals surface area contributed by atoms with Gasteiger partial charge < -0.3 is 14.5 Å². The molecule has 0 saturated carbocycles. The van der Waals surface area contributed by atoms with Crippen LogP contribution in [0.3, 0.4) is 0 Å². The molecule has 3 aliphatic heterocycles. The predicted octanol–water partition coefficient (Wildman–Crippen LogP) is -0.715. The monoisotopic (exact) mass is 242 g/mol. The zero-order valence-corrected chi connectivity index (χ0v) is 10.8. The molecule has 0 aromatic carbocycles. The number of nitrogens with zero attached hydrogens (tertiary/aromatic N) is 2. The maximum absolute atomic E-state index is 11.9. The van der Waals surface area contributed by atoms with Crippen molar-refractivity contribution in [1.29, 1.82) is 0 Å². The average Bonchev–Trinajstić information content (AvgIpc) is 2.36. The summed E-state index contributed by atoms with van der Waals surface area (Å²) in [6.45, 7) is 9.04. The van der Waals surface area contributed by atoms with Crippen molar-refractivity contribution in [2.45, 2.75) is 6.42 Å². The minimum atomic E-state index is 0.205. The van der Waals surface area contributed by atoms with Gasteiger partial charge in [-0.15, -0.1) is 0 Å². The average molecular weight is 242 g/mol. The number of methoxy groups -OCH3 is 1. The Morgan fingerprint density at radius 1 is 1.29 bits per heavy atom. The van der Waals surface area contributed by atoms with Crippen molar-refractivity contribution in [3.63, 3.8) is 0 Å². The Kier molecular flexibility index (Phi) is 4.36. The van der Waals surface area contributed by atoms with Crippen LogP contribution in [0.1, 0.15) is 6.42 Å². The lowest BCUT2D eigenvalue weighted by Crippen LogP contribution is -2.69. The Morgan fingerprint density at radius 3 is 2.53 bits per heavy atom. The number of amides is 1. The fraction of sp³-hybridized carbons (Fsp3) is 0.917. The molecule has 0 aromatic rings. The maximum atomic E-state index is 11.9. The van der Waals surface area contributed by atoms with E-state index in [9.17, 15) is 4.79 Å². The van der Waals surface area contributed by atoms with Crippen molar-refractivity contribution in [3.8, 4) is 0 Å². The van der Waals surface area contributed by atoms with E-state index in [4.69, 9.17) is 4.74 Å². The lowest BCUT2D eigenvalue weighted by Gasteiger charge is -2.50. The number of rotatable bonds is 6. The summed E-state index contributed by atoms with van der Waals surface area (Å²) >= 11 is 0.